The number of fused-ring (bicyclic) bond motifs is 3. The summed E-state index contributed by atoms with van der Waals surface area (Å²) < 4.78 is 19.7. The molecule has 2 unspecified atom stereocenters. The molecule has 2 aliphatic rings. The minimum absolute atomic E-state index is 0.0959. The number of ether oxygens (including phenoxy) is 1. The fourth-order valence-electron chi connectivity index (χ4n) is 4.01. The molecule has 0 amide bonds. The van der Waals surface area contributed by atoms with Crippen molar-refractivity contribution in [3.8, 4) is 5.75 Å². The second-order valence-corrected chi connectivity index (χ2v) is 7.65. The molecular weight excluding hydrogens is 365 g/mol. The Labute approximate surface area is 169 Å². The number of anilines is 1. The summed E-state index contributed by atoms with van der Waals surface area (Å²) in [6, 6.07) is 23.2. The molecule has 0 saturated heterocycles. The third-order valence-electron chi connectivity index (χ3n) is 5.57. The monoisotopic (exact) mass is 387 g/mol. The highest BCUT2D eigenvalue weighted by molar-refractivity contribution is 6.01. The van der Waals surface area contributed by atoms with Crippen LogP contribution in [0.1, 0.15) is 35.4 Å². The van der Waals surface area contributed by atoms with Crippen LogP contribution in [0.2, 0.25) is 0 Å². The van der Waals surface area contributed by atoms with E-state index in [1.54, 1.807) is 12.1 Å². The molecule has 3 aromatic carbocycles. The first-order chi connectivity index (χ1) is 14.1. The first kappa shape index (κ1) is 17.7. The van der Waals surface area contributed by atoms with E-state index in [0.717, 1.165) is 40.3 Å². The molecule has 0 aromatic heterocycles. The average molecular weight is 387 g/mol. The molecule has 0 radical (unpaired) electrons. The number of benzene rings is 3. The molecule has 5 heteroatoms. The van der Waals surface area contributed by atoms with E-state index < -0.39 is 0 Å². The van der Waals surface area contributed by atoms with Gasteiger partial charge in [-0.15, -0.1) is 0 Å². The van der Waals surface area contributed by atoms with Crippen LogP contribution in [0.4, 0.5) is 10.1 Å². The molecule has 4 nitrogen and oxygen atoms in total. The Morgan fingerprint density at radius 1 is 0.966 bits per heavy atom. The van der Waals surface area contributed by atoms with Crippen LogP contribution in [0.3, 0.4) is 0 Å². The molecule has 0 N–H and O–H groups in total. The lowest BCUT2D eigenvalue weighted by Crippen LogP contribution is -2.33. The lowest BCUT2D eigenvalue weighted by Gasteiger charge is -2.38. The van der Waals surface area contributed by atoms with Crippen molar-refractivity contribution < 1.29 is 9.13 Å². The fraction of sp³-hybridized carbons (Fsp3) is 0.208. The van der Waals surface area contributed by atoms with E-state index in [-0.39, 0.29) is 18.1 Å². The van der Waals surface area contributed by atoms with Gasteiger partial charge in [-0.3, -0.25) is 0 Å². The minimum atomic E-state index is -0.302. The minimum Gasteiger partial charge on any atom is -0.464 e. The van der Waals surface area contributed by atoms with Crippen molar-refractivity contribution in [2.75, 3.05) is 19.0 Å². The predicted octanol–water partition coefficient (Wildman–Crippen LogP) is 5.13. The molecule has 0 spiro atoms. The third kappa shape index (κ3) is 3.12. The maximum Gasteiger partial charge on any atom is 0.213 e. The first-order valence-electron chi connectivity index (χ1n) is 9.75. The third-order valence-corrected chi connectivity index (χ3v) is 5.57. The van der Waals surface area contributed by atoms with Gasteiger partial charge in [0.15, 0.2) is 0 Å². The van der Waals surface area contributed by atoms with Crippen LogP contribution in [0.15, 0.2) is 77.9 Å². The molecule has 29 heavy (non-hydrogen) atoms. The summed E-state index contributed by atoms with van der Waals surface area (Å²) in [6.45, 7) is 0. The molecule has 0 bridgehead atoms. The molecule has 2 heterocycles. The van der Waals surface area contributed by atoms with Crippen molar-refractivity contribution in [2.45, 2.75) is 18.7 Å². The van der Waals surface area contributed by atoms with Crippen LogP contribution < -0.4 is 9.64 Å². The summed E-state index contributed by atoms with van der Waals surface area (Å²) in [6.07, 6.45) is 0.460. The van der Waals surface area contributed by atoms with Crippen molar-refractivity contribution >= 4 is 11.4 Å². The van der Waals surface area contributed by atoms with Crippen LogP contribution in [0.25, 0.3) is 0 Å². The maximum absolute atomic E-state index is 13.4. The lowest BCUT2D eigenvalue weighted by molar-refractivity contribution is -0.0190. The normalized spacial score (nSPS) is 19.8. The van der Waals surface area contributed by atoms with Crippen LogP contribution in [0.5, 0.6) is 5.75 Å². The van der Waals surface area contributed by atoms with E-state index >= 15 is 0 Å². The number of halogens is 1. The average Bonchev–Trinajstić information content (AvgIpc) is 3.19. The SMILES string of the molecule is CN(C)c1ccc(C2Oc3ccccc3C3CC(c4ccc(F)cc4)=NN32)cc1. The van der Waals surface area contributed by atoms with Crippen molar-refractivity contribution in [3.05, 3.63) is 95.3 Å². The standard InChI is InChI=1S/C24H22FN3O/c1-27(2)19-13-9-17(10-14-19)24-28-22(20-5-3-4-6-23(20)29-24)15-21(26-28)16-7-11-18(25)12-8-16/h3-14,22,24H,15H2,1-2H3. The maximum atomic E-state index is 13.4. The highest BCUT2D eigenvalue weighted by Crippen LogP contribution is 2.47. The molecular formula is C24H22FN3O. The molecule has 0 saturated carbocycles. The zero-order valence-electron chi connectivity index (χ0n) is 16.4. The quantitative estimate of drug-likeness (QED) is 0.623. The molecule has 5 rings (SSSR count). The Balaban J connectivity index is 1.55. The van der Waals surface area contributed by atoms with Crippen molar-refractivity contribution in [1.82, 2.24) is 5.01 Å². The Kier molecular flexibility index (Phi) is 4.23. The largest absolute Gasteiger partial charge is 0.464 e. The van der Waals surface area contributed by atoms with Crippen LogP contribution in [-0.2, 0) is 0 Å². The molecule has 2 aliphatic heterocycles. The summed E-state index contributed by atoms with van der Waals surface area (Å²) in [7, 11) is 4.05. The summed E-state index contributed by atoms with van der Waals surface area (Å²) in [5.41, 5.74) is 5.22. The van der Waals surface area contributed by atoms with Crippen molar-refractivity contribution in [1.29, 1.82) is 0 Å². The number of nitrogens with zero attached hydrogens (tertiary/aromatic N) is 3. The zero-order chi connectivity index (χ0) is 20.0. The number of rotatable bonds is 3. The Hall–Kier alpha value is -3.34. The zero-order valence-corrected chi connectivity index (χ0v) is 16.4. The number of hydrazone groups is 1. The molecule has 2 atom stereocenters. The summed E-state index contributed by atoms with van der Waals surface area (Å²) in [4.78, 5) is 2.07. The number of hydrogen-bond donors (Lipinski definition) is 0. The number of para-hydroxylation sites is 1. The van der Waals surface area contributed by atoms with Crippen molar-refractivity contribution in [2.24, 2.45) is 5.10 Å². The van der Waals surface area contributed by atoms with Gasteiger partial charge in [-0.25, -0.2) is 9.40 Å². The van der Waals surface area contributed by atoms with Gasteiger partial charge in [0.1, 0.15) is 11.6 Å². The number of hydrogen-bond acceptors (Lipinski definition) is 4. The van der Waals surface area contributed by atoms with E-state index in [0.29, 0.717) is 0 Å². The van der Waals surface area contributed by atoms with Crippen LogP contribution >= 0.6 is 0 Å². The van der Waals surface area contributed by atoms with Crippen LogP contribution in [-0.4, -0.2) is 24.8 Å². The van der Waals surface area contributed by atoms with Gasteiger partial charge in [-0.05, 0) is 35.9 Å². The van der Waals surface area contributed by atoms with Gasteiger partial charge in [0, 0.05) is 37.3 Å². The molecule has 0 aliphatic carbocycles. The highest BCUT2D eigenvalue weighted by atomic mass is 19.1. The van der Waals surface area contributed by atoms with Gasteiger partial charge >= 0.3 is 0 Å². The second kappa shape index (κ2) is 6.92. The Morgan fingerprint density at radius 2 is 1.69 bits per heavy atom. The van der Waals surface area contributed by atoms with E-state index in [1.165, 1.54) is 12.1 Å². The second-order valence-electron chi connectivity index (χ2n) is 7.65. The van der Waals surface area contributed by atoms with Gasteiger partial charge in [-0.2, -0.15) is 5.10 Å². The Bertz CT molecular complexity index is 1060. The Morgan fingerprint density at radius 3 is 2.41 bits per heavy atom. The van der Waals surface area contributed by atoms with E-state index in [4.69, 9.17) is 9.84 Å². The van der Waals surface area contributed by atoms with Crippen LogP contribution in [0, 0.1) is 5.82 Å². The summed E-state index contributed by atoms with van der Waals surface area (Å²) >= 11 is 0. The first-order valence-corrected chi connectivity index (χ1v) is 9.75. The highest BCUT2D eigenvalue weighted by Gasteiger charge is 2.40. The van der Waals surface area contributed by atoms with E-state index in [9.17, 15) is 4.39 Å². The van der Waals surface area contributed by atoms with Gasteiger partial charge in [0.25, 0.3) is 0 Å². The van der Waals surface area contributed by atoms with Gasteiger partial charge in [0.2, 0.25) is 6.23 Å². The molecule has 146 valence electrons. The van der Waals surface area contributed by atoms with Gasteiger partial charge < -0.3 is 9.64 Å². The topological polar surface area (TPSA) is 28.1 Å². The lowest BCUT2D eigenvalue weighted by atomic mass is 9.96. The smallest absolute Gasteiger partial charge is 0.213 e. The van der Waals surface area contributed by atoms with Gasteiger partial charge in [0.05, 0.1) is 11.8 Å². The van der Waals surface area contributed by atoms with E-state index in [1.807, 2.05) is 37.3 Å². The summed E-state index contributed by atoms with van der Waals surface area (Å²) in [5.74, 6) is 0.656. The molecule has 3 aromatic rings. The summed E-state index contributed by atoms with van der Waals surface area (Å²) in [5, 5.41) is 6.96. The fourth-order valence-corrected chi connectivity index (χ4v) is 4.01. The predicted molar refractivity (Wildman–Crippen MR) is 113 cm³/mol. The van der Waals surface area contributed by atoms with Crippen molar-refractivity contribution in [3.63, 3.8) is 0 Å². The van der Waals surface area contributed by atoms with E-state index in [2.05, 4.69) is 35.2 Å². The molecule has 0 fully saturated rings. The van der Waals surface area contributed by atoms with Gasteiger partial charge in [-0.1, -0.05) is 42.5 Å².